The van der Waals surface area contributed by atoms with Gasteiger partial charge in [-0.05, 0) is 38.2 Å². The molecule has 106 valence electrons. The molecule has 0 saturated carbocycles. The highest BCUT2D eigenvalue weighted by Gasteiger charge is 2.15. The third-order valence-corrected chi connectivity index (χ3v) is 3.22. The van der Waals surface area contributed by atoms with Crippen molar-refractivity contribution in [2.45, 2.75) is 58.3 Å². The molecule has 0 aromatic carbocycles. The summed E-state index contributed by atoms with van der Waals surface area (Å²) in [7, 11) is 0. The van der Waals surface area contributed by atoms with Crippen molar-refractivity contribution in [3.8, 4) is 0 Å². The van der Waals surface area contributed by atoms with Gasteiger partial charge in [0.05, 0.1) is 6.61 Å². The average molecular weight is 266 g/mol. The predicted octanol–water partition coefficient (Wildman–Crippen LogP) is 2.75. The van der Waals surface area contributed by atoms with Crippen LogP contribution in [0.3, 0.4) is 0 Å². The first-order valence-corrected chi connectivity index (χ1v) is 7.07. The van der Waals surface area contributed by atoms with Crippen molar-refractivity contribution < 1.29 is 19.1 Å². The Morgan fingerprint density at radius 3 is 2.58 bits per heavy atom. The van der Waals surface area contributed by atoms with Crippen LogP contribution in [0.5, 0.6) is 0 Å². The van der Waals surface area contributed by atoms with Crippen molar-refractivity contribution in [1.29, 1.82) is 0 Å². The van der Waals surface area contributed by atoms with Gasteiger partial charge in [0.25, 0.3) is 0 Å². The molecule has 0 heterocycles. The molecule has 1 aliphatic rings. The van der Waals surface area contributed by atoms with Crippen LogP contribution in [-0.4, -0.2) is 24.1 Å². The number of unbranched alkanes of at least 4 members (excludes halogenated alkanes) is 3. The SMILES string of the molecule is CCOC(=O)C(=O)CCCCCCC1=CCCC1=O. The molecular formula is C15H22O4. The zero-order chi connectivity index (χ0) is 14.1. The highest BCUT2D eigenvalue weighted by atomic mass is 16.5. The van der Waals surface area contributed by atoms with Crippen LogP contribution in [0.15, 0.2) is 11.6 Å². The zero-order valence-corrected chi connectivity index (χ0v) is 11.6. The van der Waals surface area contributed by atoms with Gasteiger partial charge >= 0.3 is 5.97 Å². The fraction of sp³-hybridized carbons (Fsp3) is 0.667. The molecular weight excluding hydrogens is 244 g/mol. The van der Waals surface area contributed by atoms with E-state index < -0.39 is 11.8 Å². The second-order valence-electron chi connectivity index (χ2n) is 4.75. The van der Waals surface area contributed by atoms with E-state index in [0.717, 1.165) is 37.7 Å². The number of hydrogen-bond donors (Lipinski definition) is 0. The normalized spacial score (nSPS) is 14.4. The number of ketones is 2. The van der Waals surface area contributed by atoms with Gasteiger partial charge in [-0.1, -0.05) is 18.9 Å². The van der Waals surface area contributed by atoms with Gasteiger partial charge in [0.2, 0.25) is 5.78 Å². The van der Waals surface area contributed by atoms with Gasteiger partial charge in [-0.15, -0.1) is 0 Å². The summed E-state index contributed by atoms with van der Waals surface area (Å²) < 4.78 is 4.63. The van der Waals surface area contributed by atoms with Gasteiger partial charge in [0.1, 0.15) is 0 Å². The van der Waals surface area contributed by atoms with E-state index in [1.54, 1.807) is 6.92 Å². The number of carbonyl (C=O) groups excluding carboxylic acids is 3. The van der Waals surface area contributed by atoms with E-state index in [0.29, 0.717) is 12.8 Å². The van der Waals surface area contributed by atoms with Crippen molar-refractivity contribution in [3.63, 3.8) is 0 Å². The molecule has 19 heavy (non-hydrogen) atoms. The van der Waals surface area contributed by atoms with E-state index in [4.69, 9.17) is 0 Å². The Bertz CT molecular complexity index is 368. The molecule has 0 radical (unpaired) electrons. The van der Waals surface area contributed by atoms with Crippen LogP contribution in [-0.2, 0) is 19.1 Å². The van der Waals surface area contributed by atoms with Gasteiger partial charge in [0, 0.05) is 12.8 Å². The van der Waals surface area contributed by atoms with Crippen LogP contribution in [0.2, 0.25) is 0 Å². The molecule has 0 fully saturated rings. The van der Waals surface area contributed by atoms with Crippen LogP contribution < -0.4 is 0 Å². The highest BCUT2D eigenvalue weighted by molar-refractivity contribution is 6.33. The number of esters is 1. The van der Waals surface area contributed by atoms with Gasteiger partial charge in [-0.3, -0.25) is 9.59 Å². The van der Waals surface area contributed by atoms with Crippen molar-refractivity contribution in [3.05, 3.63) is 11.6 Å². The first-order chi connectivity index (χ1) is 9.15. The number of ether oxygens (including phenoxy) is 1. The lowest BCUT2D eigenvalue weighted by atomic mass is 10.0. The average Bonchev–Trinajstić information content (AvgIpc) is 2.79. The number of allylic oxidation sites excluding steroid dienone is 2. The molecule has 4 heteroatoms. The molecule has 0 unspecified atom stereocenters. The van der Waals surface area contributed by atoms with Crippen LogP contribution in [0.4, 0.5) is 0 Å². The summed E-state index contributed by atoms with van der Waals surface area (Å²) in [5.41, 5.74) is 0.975. The molecule has 0 spiro atoms. The largest absolute Gasteiger partial charge is 0.460 e. The van der Waals surface area contributed by atoms with Crippen molar-refractivity contribution in [2.24, 2.45) is 0 Å². The summed E-state index contributed by atoms with van der Waals surface area (Å²) in [5, 5.41) is 0. The second kappa shape index (κ2) is 8.62. The number of hydrogen-bond acceptors (Lipinski definition) is 4. The lowest BCUT2D eigenvalue weighted by Crippen LogP contribution is -2.16. The molecule has 0 saturated heterocycles. The Morgan fingerprint density at radius 2 is 1.95 bits per heavy atom. The fourth-order valence-corrected chi connectivity index (χ4v) is 2.16. The maximum Gasteiger partial charge on any atom is 0.374 e. The smallest absolute Gasteiger partial charge is 0.374 e. The quantitative estimate of drug-likeness (QED) is 0.366. The van der Waals surface area contributed by atoms with Gasteiger partial charge in [-0.25, -0.2) is 4.79 Å². The molecule has 0 aliphatic heterocycles. The summed E-state index contributed by atoms with van der Waals surface area (Å²) in [6.45, 7) is 1.93. The minimum atomic E-state index is -0.718. The van der Waals surface area contributed by atoms with E-state index >= 15 is 0 Å². The number of Topliss-reactive ketones (excluding diaryl/α,β-unsaturated/α-hetero) is 2. The third-order valence-electron chi connectivity index (χ3n) is 3.22. The van der Waals surface area contributed by atoms with Gasteiger partial charge in [0.15, 0.2) is 5.78 Å². The molecule has 0 amide bonds. The van der Waals surface area contributed by atoms with E-state index in [1.807, 2.05) is 6.08 Å². The fourth-order valence-electron chi connectivity index (χ4n) is 2.16. The number of rotatable bonds is 9. The molecule has 1 rings (SSSR count). The lowest BCUT2D eigenvalue weighted by molar-refractivity contribution is -0.153. The highest BCUT2D eigenvalue weighted by Crippen LogP contribution is 2.20. The maximum atomic E-state index is 11.4. The second-order valence-corrected chi connectivity index (χ2v) is 4.75. The minimum absolute atomic E-state index is 0.244. The summed E-state index contributed by atoms with van der Waals surface area (Å²) in [5.74, 6) is -0.864. The van der Waals surface area contributed by atoms with Crippen LogP contribution in [0.1, 0.15) is 58.3 Å². The van der Waals surface area contributed by atoms with Crippen molar-refractivity contribution >= 4 is 17.5 Å². The lowest BCUT2D eigenvalue weighted by Gasteiger charge is -2.02. The number of carbonyl (C=O) groups is 3. The third kappa shape index (κ3) is 5.81. The first-order valence-electron chi connectivity index (χ1n) is 7.07. The summed E-state index contributed by atoms with van der Waals surface area (Å²) in [4.78, 5) is 33.7. The molecule has 0 aromatic rings. The monoisotopic (exact) mass is 266 g/mol. The Balaban J connectivity index is 2.01. The predicted molar refractivity (Wildman–Crippen MR) is 71.7 cm³/mol. The molecule has 0 bridgehead atoms. The topological polar surface area (TPSA) is 60.4 Å². The van der Waals surface area contributed by atoms with Crippen LogP contribution in [0.25, 0.3) is 0 Å². The van der Waals surface area contributed by atoms with Crippen molar-refractivity contribution in [1.82, 2.24) is 0 Å². The summed E-state index contributed by atoms with van der Waals surface area (Å²) in [6, 6.07) is 0. The minimum Gasteiger partial charge on any atom is -0.460 e. The Morgan fingerprint density at radius 1 is 1.21 bits per heavy atom. The molecule has 0 aromatic heterocycles. The molecule has 4 nitrogen and oxygen atoms in total. The molecule has 0 atom stereocenters. The van der Waals surface area contributed by atoms with E-state index in [-0.39, 0.29) is 18.8 Å². The van der Waals surface area contributed by atoms with Crippen LogP contribution >= 0.6 is 0 Å². The van der Waals surface area contributed by atoms with E-state index in [9.17, 15) is 14.4 Å². The maximum absolute atomic E-state index is 11.4. The summed E-state index contributed by atoms with van der Waals surface area (Å²) in [6.07, 6.45) is 8.30. The van der Waals surface area contributed by atoms with Crippen LogP contribution in [0, 0.1) is 0 Å². The van der Waals surface area contributed by atoms with E-state index in [1.165, 1.54) is 0 Å². The Labute approximate surface area is 114 Å². The standard InChI is InChI=1S/C15H22O4/c1-2-19-15(18)14(17)10-6-4-3-5-8-12-9-7-11-13(12)16/h9H,2-8,10-11H2,1H3. The molecule has 0 N–H and O–H groups in total. The van der Waals surface area contributed by atoms with E-state index in [2.05, 4.69) is 4.74 Å². The Kier molecular flexibility index (Phi) is 7.08. The van der Waals surface area contributed by atoms with Crippen molar-refractivity contribution in [2.75, 3.05) is 6.61 Å². The van der Waals surface area contributed by atoms with Gasteiger partial charge in [-0.2, -0.15) is 0 Å². The summed E-state index contributed by atoms with van der Waals surface area (Å²) >= 11 is 0. The first kappa shape index (κ1) is 15.6. The zero-order valence-electron chi connectivity index (χ0n) is 11.6. The Hall–Kier alpha value is -1.45. The van der Waals surface area contributed by atoms with Gasteiger partial charge < -0.3 is 4.74 Å². The molecule has 1 aliphatic carbocycles.